The van der Waals surface area contributed by atoms with E-state index in [4.69, 9.17) is 0 Å². The molecule has 1 aromatic carbocycles. The van der Waals surface area contributed by atoms with Crippen LogP contribution in [0.15, 0.2) is 42.7 Å². The molecule has 2 aromatic rings. The molecule has 0 radical (unpaired) electrons. The van der Waals surface area contributed by atoms with Gasteiger partial charge in [0.05, 0.1) is 18.3 Å². The molecule has 1 aromatic heterocycles. The third-order valence-electron chi connectivity index (χ3n) is 3.32. The lowest BCUT2D eigenvalue weighted by molar-refractivity contribution is -0.00903. The summed E-state index contributed by atoms with van der Waals surface area (Å²) >= 11 is 0. The van der Waals surface area contributed by atoms with Crippen molar-refractivity contribution in [1.29, 1.82) is 0 Å². The molecule has 0 atom stereocenters. The normalized spacial score (nSPS) is 17.4. The van der Waals surface area contributed by atoms with Gasteiger partial charge in [-0.15, -0.1) is 0 Å². The molecule has 3 rings (SSSR count). The Morgan fingerprint density at radius 1 is 1.22 bits per heavy atom. The summed E-state index contributed by atoms with van der Waals surface area (Å²) in [6, 6.07) is 10.2. The molecule has 0 saturated carbocycles. The molecule has 0 spiro atoms. The molecule has 0 bridgehead atoms. The molecule has 2 N–H and O–H groups in total. The summed E-state index contributed by atoms with van der Waals surface area (Å²) < 4.78 is 1.92. The van der Waals surface area contributed by atoms with Crippen molar-refractivity contribution < 1.29 is 5.11 Å². The highest BCUT2D eigenvalue weighted by atomic mass is 16.3. The predicted molar refractivity (Wildman–Crippen MR) is 69.3 cm³/mol. The predicted octanol–water partition coefficient (Wildman–Crippen LogP) is 0.808. The topological polar surface area (TPSA) is 50.1 Å². The fourth-order valence-electron chi connectivity index (χ4n) is 2.27. The zero-order chi connectivity index (χ0) is 12.4. The van der Waals surface area contributed by atoms with Crippen molar-refractivity contribution in [2.45, 2.75) is 18.6 Å². The summed E-state index contributed by atoms with van der Waals surface area (Å²) in [7, 11) is 0. The zero-order valence-electron chi connectivity index (χ0n) is 10.2. The first-order chi connectivity index (χ1) is 8.73. The molecule has 2 heterocycles. The first-order valence-corrected chi connectivity index (χ1v) is 6.22. The fraction of sp³-hybridized carbons (Fsp3) is 0.357. The minimum atomic E-state index is -0.569. The standard InChI is InChI=1S/C14H17N3O/c18-14(10-15-11-14)6-13-7-16-17(9-13)8-12-4-2-1-3-5-12/h1-5,7,9,15,18H,6,8,10-11H2. The Balaban J connectivity index is 1.66. The van der Waals surface area contributed by atoms with Crippen LogP contribution in [-0.2, 0) is 13.0 Å². The molecule has 0 amide bonds. The van der Waals surface area contributed by atoms with Crippen molar-refractivity contribution in [3.05, 3.63) is 53.9 Å². The molecular weight excluding hydrogens is 226 g/mol. The first kappa shape index (κ1) is 11.4. The smallest absolute Gasteiger partial charge is 0.0936 e. The average Bonchev–Trinajstić information content (AvgIpc) is 2.76. The Kier molecular flexibility index (Phi) is 2.89. The molecule has 0 aliphatic carbocycles. The highest BCUT2D eigenvalue weighted by molar-refractivity contribution is 5.16. The number of nitrogens with zero attached hydrogens (tertiary/aromatic N) is 2. The van der Waals surface area contributed by atoms with Gasteiger partial charge in [-0.1, -0.05) is 30.3 Å². The molecule has 1 aliphatic rings. The average molecular weight is 243 g/mol. The van der Waals surface area contributed by atoms with Crippen molar-refractivity contribution in [1.82, 2.24) is 15.1 Å². The first-order valence-electron chi connectivity index (χ1n) is 6.22. The van der Waals surface area contributed by atoms with Crippen LogP contribution in [0, 0.1) is 0 Å². The number of nitrogens with one attached hydrogen (secondary N) is 1. The molecule has 0 unspecified atom stereocenters. The van der Waals surface area contributed by atoms with E-state index >= 15 is 0 Å². The van der Waals surface area contributed by atoms with E-state index in [1.54, 1.807) is 0 Å². The number of aliphatic hydroxyl groups is 1. The van der Waals surface area contributed by atoms with Gasteiger partial charge in [-0.2, -0.15) is 5.10 Å². The molecule has 1 fully saturated rings. The molecular formula is C14H17N3O. The minimum absolute atomic E-state index is 0.569. The van der Waals surface area contributed by atoms with Gasteiger partial charge in [0.15, 0.2) is 0 Å². The monoisotopic (exact) mass is 243 g/mol. The Morgan fingerprint density at radius 2 is 2.00 bits per heavy atom. The maximum atomic E-state index is 10.1. The van der Waals surface area contributed by atoms with E-state index in [0.29, 0.717) is 19.5 Å². The van der Waals surface area contributed by atoms with Crippen LogP contribution < -0.4 is 5.32 Å². The van der Waals surface area contributed by atoms with E-state index in [-0.39, 0.29) is 0 Å². The van der Waals surface area contributed by atoms with E-state index in [9.17, 15) is 5.11 Å². The van der Waals surface area contributed by atoms with E-state index in [1.165, 1.54) is 5.56 Å². The summed E-state index contributed by atoms with van der Waals surface area (Å²) in [6.07, 6.45) is 4.54. The lowest BCUT2D eigenvalue weighted by Gasteiger charge is -2.37. The fourth-order valence-corrected chi connectivity index (χ4v) is 2.27. The Morgan fingerprint density at radius 3 is 2.67 bits per heavy atom. The van der Waals surface area contributed by atoms with E-state index in [2.05, 4.69) is 22.5 Å². The number of β-amino-alcohol motifs (C(OH)–C–C–N with tert-alkyl or cyclic N) is 1. The number of hydrogen-bond acceptors (Lipinski definition) is 3. The largest absolute Gasteiger partial charge is 0.387 e. The SMILES string of the molecule is OC1(Cc2cnn(Cc3ccccc3)c2)CNC1. The van der Waals surface area contributed by atoms with Crippen LogP contribution in [0.2, 0.25) is 0 Å². The van der Waals surface area contributed by atoms with Crippen LogP contribution >= 0.6 is 0 Å². The van der Waals surface area contributed by atoms with Crippen molar-refractivity contribution in [3.63, 3.8) is 0 Å². The van der Waals surface area contributed by atoms with E-state index in [1.807, 2.05) is 35.3 Å². The second-order valence-corrected chi connectivity index (χ2v) is 5.04. The lowest BCUT2D eigenvalue weighted by atomic mass is 9.90. The summed E-state index contributed by atoms with van der Waals surface area (Å²) in [5.74, 6) is 0. The van der Waals surface area contributed by atoms with Crippen molar-refractivity contribution >= 4 is 0 Å². The van der Waals surface area contributed by atoms with Crippen LogP contribution in [0.25, 0.3) is 0 Å². The number of aromatic nitrogens is 2. The van der Waals surface area contributed by atoms with Gasteiger partial charge in [0.1, 0.15) is 0 Å². The van der Waals surface area contributed by atoms with Gasteiger partial charge < -0.3 is 10.4 Å². The quantitative estimate of drug-likeness (QED) is 0.835. The summed E-state index contributed by atoms with van der Waals surface area (Å²) in [6.45, 7) is 2.13. The van der Waals surface area contributed by atoms with Crippen LogP contribution in [0.5, 0.6) is 0 Å². The van der Waals surface area contributed by atoms with E-state index < -0.39 is 5.60 Å². The highest BCUT2D eigenvalue weighted by Gasteiger charge is 2.34. The van der Waals surface area contributed by atoms with Gasteiger partial charge in [0, 0.05) is 25.7 Å². The maximum absolute atomic E-state index is 10.1. The summed E-state index contributed by atoms with van der Waals surface area (Å²) in [4.78, 5) is 0. The van der Waals surface area contributed by atoms with Crippen molar-refractivity contribution in [2.75, 3.05) is 13.1 Å². The van der Waals surface area contributed by atoms with Crippen LogP contribution in [0.4, 0.5) is 0 Å². The van der Waals surface area contributed by atoms with Crippen molar-refractivity contribution in [2.24, 2.45) is 0 Å². The minimum Gasteiger partial charge on any atom is -0.387 e. The Hall–Kier alpha value is -1.65. The van der Waals surface area contributed by atoms with Gasteiger partial charge in [-0.25, -0.2) is 0 Å². The van der Waals surface area contributed by atoms with Gasteiger partial charge >= 0.3 is 0 Å². The van der Waals surface area contributed by atoms with E-state index in [0.717, 1.165) is 12.1 Å². The molecule has 18 heavy (non-hydrogen) atoms. The molecule has 94 valence electrons. The number of hydrogen-bond donors (Lipinski definition) is 2. The van der Waals surface area contributed by atoms with Gasteiger partial charge in [-0.05, 0) is 11.1 Å². The molecule has 4 heteroatoms. The third kappa shape index (κ3) is 2.44. The van der Waals surface area contributed by atoms with Gasteiger partial charge in [0.25, 0.3) is 0 Å². The Bertz CT molecular complexity index is 517. The van der Waals surface area contributed by atoms with Crippen LogP contribution in [0.1, 0.15) is 11.1 Å². The summed E-state index contributed by atoms with van der Waals surface area (Å²) in [5.41, 5.74) is 1.76. The summed E-state index contributed by atoms with van der Waals surface area (Å²) in [5, 5.41) is 17.5. The van der Waals surface area contributed by atoms with Crippen LogP contribution in [-0.4, -0.2) is 33.6 Å². The molecule has 4 nitrogen and oxygen atoms in total. The van der Waals surface area contributed by atoms with Gasteiger partial charge in [-0.3, -0.25) is 4.68 Å². The highest BCUT2D eigenvalue weighted by Crippen LogP contribution is 2.17. The molecule has 1 saturated heterocycles. The molecule has 1 aliphatic heterocycles. The Labute approximate surface area is 106 Å². The third-order valence-corrected chi connectivity index (χ3v) is 3.32. The zero-order valence-corrected chi connectivity index (χ0v) is 10.2. The van der Waals surface area contributed by atoms with Crippen molar-refractivity contribution in [3.8, 4) is 0 Å². The number of rotatable bonds is 4. The second-order valence-electron chi connectivity index (χ2n) is 5.04. The van der Waals surface area contributed by atoms with Crippen LogP contribution in [0.3, 0.4) is 0 Å². The maximum Gasteiger partial charge on any atom is 0.0936 e. The van der Waals surface area contributed by atoms with Gasteiger partial charge in [0.2, 0.25) is 0 Å². The lowest BCUT2D eigenvalue weighted by Crippen LogP contribution is -2.60. The second kappa shape index (κ2) is 4.55. The number of benzene rings is 1.